The highest BCUT2D eigenvalue weighted by Gasteiger charge is 2.39. The Labute approximate surface area is 208 Å². The topological polar surface area (TPSA) is 80.3 Å². The van der Waals surface area contributed by atoms with E-state index in [0.29, 0.717) is 33.6 Å². The molecule has 182 valence electrons. The van der Waals surface area contributed by atoms with Crippen LogP contribution >= 0.6 is 11.6 Å². The average Bonchev–Trinajstić information content (AvgIpc) is 2.87. The van der Waals surface area contributed by atoms with E-state index in [1.807, 2.05) is 35.2 Å². The number of halogens is 1. The van der Waals surface area contributed by atoms with E-state index in [1.165, 1.54) is 21.3 Å². The molecule has 8 nitrogen and oxygen atoms in total. The smallest absolute Gasteiger partial charge is 0.250 e. The van der Waals surface area contributed by atoms with E-state index in [-0.39, 0.29) is 18.2 Å². The number of amides is 2. The Bertz CT molecular complexity index is 1230. The fraction of sp³-hybridized carbons (Fsp3) is 0.231. The maximum absolute atomic E-state index is 13.5. The third-order valence-corrected chi connectivity index (χ3v) is 6.11. The number of anilines is 4. The van der Waals surface area contributed by atoms with Crippen molar-refractivity contribution in [1.82, 2.24) is 0 Å². The third-order valence-electron chi connectivity index (χ3n) is 5.88. The third kappa shape index (κ3) is 4.70. The van der Waals surface area contributed by atoms with Gasteiger partial charge in [-0.25, -0.2) is 0 Å². The number of nitrogens with zero attached hydrogens (tertiary/aromatic N) is 2. The first-order valence-corrected chi connectivity index (χ1v) is 11.3. The number of ether oxygens (including phenoxy) is 3. The van der Waals surface area contributed by atoms with Crippen molar-refractivity contribution in [3.05, 3.63) is 65.7 Å². The molecule has 4 rings (SSSR count). The van der Waals surface area contributed by atoms with Gasteiger partial charge in [0.05, 0.1) is 39.1 Å². The Morgan fingerprint density at radius 3 is 2.20 bits per heavy atom. The molecule has 1 unspecified atom stereocenters. The number of hydrogen-bond donors (Lipinski definition) is 1. The Kier molecular flexibility index (Phi) is 7.02. The van der Waals surface area contributed by atoms with Gasteiger partial charge >= 0.3 is 0 Å². The molecule has 1 aliphatic rings. The Balaban J connectivity index is 1.71. The molecule has 3 aromatic rings. The zero-order valence-electron chi connectivity index (χ0n) is 19.9. The van der Waals surface area contributed by atoms with Gasteiger partial charge in [0.2, 0.25) is 11.8 Å². The van der Waals surface area contributed by atoms with Crippen LogP contribution < -0.4 is 29.3 Å². The number of carbonyl (C=O) groups excluding carboxylic acids is 2. The highest BCUT2D eigenvalue weighted by molar-refractivity contribution is 6.31. The summed E-state index contributed by atoms with van der Waals surface area (Å²) in [6.45, 7) is 0. The van der Waals surface area contributed by atoms with Crippen LogP contribution in [0.3, 0.4) is 0 Å². The SMILES string of the molecule is COc1cc(OC)c(NC(=O)CC2C(=O)N(C)c3ccc(Cl)cc3N2c2ccccc2)c(OC)c1. The van der Waals surface area contributed by atoms with Crippen LogP contribution in [0.1, 0.15) is 6.42 Å². The summed E-state index contributed by atoms with van der Waals surface area (Å²) in [6, 6.07) is 17.3. The molecule has 0 saturated heterocycles. The van der Waals surface area contributed by atoms with E-state index >= 15 is 0 Å². The summed E-state index contributed by atoms with van der Waals surface area (Å²) in [7, 11) is 6.19. The van der Waals surface area contributed by atoms with Crippen LogP contribution in [0.4, 0.5) is 22.7 Å². The monoisotopic (exact) mass is 495 g/mol. The molecule has 1 atom stereocenters. The van der Waals surface area contributed by atoms with Gasteiger partial charge in [-0.3, -0.25) is 9.59 Å². The molecule has 3 aromatic carbocycles. The average molecular weight is 496 g/mol. The van der Waals surface area contributed by atoms with Gasteiger partial charge in [0.1, 0.15) is 29.0 Å². The second-order valence-corrected chi connectivity index (χ2v) is 8.35. The quantitative estimate of drug-likeness (QED) is 0.503. The van der Waals surface area contributed by atoms with Crippen LogP contribution in [-0.2, 0) is 9.59 Å². The molecule has 1 heterocycles. The van der Waals surface area contributed by atoms with E-state index in [2.05, 4.69) is 5.32 Å². The van der Waals surface area contributed by atoms with Gasteiger partial charge in [-0.05, 0) is 30.3 Å². The minimum Gasteiger partial charge on any atom is -0.496 e. The van der Waals surface area contributed by atoms with Crippen molar-refractivity contribution in [2.24, 2.45) is 0 Å². The number of likely N-dealkylation sites (N-methyl/N-ethyl adjacent to an activating group) is 1. The molecule has 0 fully saturated rings. The number of carbonyl (C=O) groups is 2. The molecule has 1 N–H and O–H groups in total. The molecule has 9 heteroatoms. The van der Waals surface area contributed by atoms with Crippen LogP contribution in [-0.4, -0.2) is 46.2 Å². The minimum absolute atomic E-state index is 0.123. The molecule has 35 heavy (non-hydrogen) atoms. The molecular weight excluding hydrogens is 470 g/mol. The number of fused-ring (bicyclic) bond motifs is 1. The van der Waals surface area contributed by atoms with E-state index in [1.54, 1.807) is 42.3 Å². The van der Waals surface area contributed by atoms with Gasteiger partial charge in [-0.2, -0.15) is 0 Å². The van der Waals surface area contributed by atoms with Crippen molar-refractivity contribution in [3.8, 4) is 17.2 Å². The van der Waals surface area contributed by atoms with Gasteiger partial charge in [-0.1, -0.05) is 29.8 Å². The van der Waals surface area contributed by atoms with E-state index < -0.39 is 6.04 Å². The second kappa shape index (κ2) is 10.1. The maximum Gasteiger partial charge on any atom is 0.250 e. The molecular formula is C26H26ClN3O5. The highest BCUT2D eigenvalue weighted by atomic mass is 35.5. The Morgan fingerprint density at radius 2 is 1.60 bits per heavy atom. The lowest BCUT2D eigenvalue weighted by Gasteiger charge is -2.41. The van der Waals surface area contributed by atoms with Gasteiger partial charge in [0.25, 0.3) is 0 Å². The molecule has 0 bridgehead atoms. The predicted octanol–water partition coefficient (Wildman–Crippen LogP) is 4.88. The normalized spacial score (nSPS) is 14.9. The number of benzene rings is 3. The molecule has 0 spiro atoms. The first-order chi connectivity index (χ1) is 16.9. The first kappa shape index (κ1) is 24.2. The van der Waals surface area contributed by atoms with Crippen LogP contribution in [0, 0.1) is 0 Å². The molecule has 0 aliphatic carbocycles. The number of hydrogen-bond acceptors (Lipinski definition) is 6. The standard InChI is InChI=1S/C26H26ClN3O5/c1-29-19-11-10-16(27)12-20(19)30(17-8-6-5-7-9-17)21(26(29)32)15-24(31)28-25-22(34-3)13-18(33-2)14-23(25)35-4/h5-14,21H,15H2,1-4H3,(H,28,31). The lowest BCUT2D eigenvalue weighted by Crippen LogP contribution is -2.51. The molecule has 1 aliphatic heterocycles. The summed E-state index contributed by atoms with van der Waals surface area (Å²) in [5.74, 6) is 0.666. The van der Waals surface area contributed by atoms with Gasteiger partial charge in [0, 0.05) is 29.9 Å². The van der Waals surface area contributed by atoms with E-state index in [0.717, 1.165) is 11.4 Å². The number of nitrogens with one attached hydrogen (secondary N) is 1. The van der Waals surface area contributed by atoms with Gasteiger partial charge < -0.3 is 29.3 Å². The van der Waals surface area contributed by atoms with Gasteiger partial charge in [0.15, 0.2) is 0 Å². The number of methoxy groups -OCH3 is 3. The largest absolute Gasteiger partial charge is 0.496 e. The summed E-state index contributed by atoms with van der Waals surface area (Å²) >= 11 is 6.32. The Morgan fingerprint density at radius 1 is 0.943 bits per heavy atom. The lowest BCUT2D eigenvalue weighted by atomic mass is 10.0. The summed E-state index contributed by atoms with van der Waals surface area (Å²) < 4.78 is 16.1. The minimum atomic E-state index is -0.802. The van der Waals surface area contributed by atoms with Crippen molar-refractivity contribution < 1.29 is 23.8 Å². The van der Waals surface area contributed by atoms with Crippen LogP contribution in [0.2, 0.25) is 5.02 Å². The fourth-order valence-electron chi connectivity index (χ4n) is 4.17. The molecule has 0 saturated carbocycles. The zero-order valence-corrected chi connectivity index (χ0v) is 20.6. The van der Waals surface area contributed by atoms with Crippen LogP contribution in [0.25, 0.3) is 0 Å². The Hall–Kier alpha value is -3.91. The molecule has 2 amide bonds. The second-order valence-electron chi connectivity index (χ2n) is 7.91. The summed E-state index contributed by atoms with van der Waals surface area (Å²) in [5, 5.41) is 3.39. The van der Waals surface area contributed by atoms with Crippen molar-refractivity contribution in [2.75, 3.05) is 43.5 Å². The predicted molar refractivity (Wildman–Crippen MR) is 137 cm³/mol. The zero-order chi connectivity index (χ0) is 25.1. The summed E-state index contributed by atoms with van der Waals surface area (Å²) in [4.78, 5) is 30.2. The van der Waals surface area contributed by atoms with Crippen molar-refractivity contribution in [3.63, 3.8) is 0 Å². The number of para-hydroxylation sites is 1. The summed E-state index contributed by atoms with van der Waals surface area (Å²) in [6.07, 6.45) is -0.123. The first-order valence-electron chi connectivity index (χ1n) is 10.9. The lowest BCUT2D eigenvalue weighted by molar-refractivity contribution is -0.123. The highest BCUT2D eigenvalue weighted by Crippen LogP contribution is 2.43. The molecule has 0 radical (unpaired) electrons. The fourth-order valence-corrected chi connectivity index (χ4v) is 4.34. The van der Waals surface area contributed by atoms with Crippen LogP contribution in [0.15, 0.2) is 60.7 Å². The number of rotatable bonds is 7. The van der Waals surface area contributed by atoms with Crippen LogP contribution in [0.5, 0.6) is 17.2 Å². The summed E-state index contributed by atoms with van der Waals surface area (Å²) in [5.41, 5.74) is 2.57. The van der Waals surface area contributed by atoms with E-state index in [9.17, 15) is 9.59 Å². The maximum atomic E-state index is 13.5. The molecule has 0 aromatic heterocycles. The van der Waals surface area contributed by atoms with Crippen molar-refractivity contribution in [2.45, 2.75) is 12.5 Å². The van der Waals surface area contributed by atoms with E-state index in [4.69, 9.17) is 25.8 Å². The van der Waals surface area contributed by atoms with Crippen molar-refractivity contribution in [1.29, 1.82) is 0 Å². The van der Waals surface area contributed by atoms with Gasteiger partial charge in [-0.15, -0.1) is 0 Å². The van der Waals surface area contributed by atoms with Crippen molar-refractivity contribution >= 4 is 46.2 Å².